The lowest BCUT2D eigenvalue weighted by molar-refractivity contribution is -0.129. The fraction of sp³-hybridized carbons (Fsp3) is 0.722. The Morgan fingerprint density at radius 1 is 1.38 bits per heavy atom. The summed E-state index contributed by atoms with van der Waals surface area (Å²) in [6, 6.07) is 1.83. The van der Waals surface area contributed by atoms with Crippen LogP contribution < -0.4 is 5.32 Å². The molecule has 3 fully saturated rings. The van der Waals surface area contributed by atoms with Gasteiger partial charge in [0.25, 0.3) is 5.91 Å². The zero-order valence-electron chi connectivity index (χ0n) is 14.5. The van der Waals surface area contributed by atoms with Crippen LogP contribution in [0, 0.1) is 24.2 Å². The van der Waals surface area contributed by atoms with E-state index in [1.807, 2.05) is 17.9 Å². The Kier molecular flexibility index (Phi) is 3.66. The van der Waals surface area contributed by atoms with Crippen molar-refractivity contribution in [3.05, 3.63) is 17.5 Å². The highest BCUT2D eigenvalue weighted by molar-refractivity contribution is 5.94. The lowest BCUT2D eigenvalue weighted by atomic mass is 9.62. The quantitative estimate of drug-likeness (QED) is 0.910. The zero-order valence-corrected chi connectivity index (χ0v) is 14.5. The number of nitrogens with zero attached hydrogens (tertiary/aromatic N) is 3. The summed E-state index contributed by atoms with van der Waals surface area (Å²) in [5.41, 5.74) is 1.47. The largest absolute Gasteiger partial charge is 0.356 e. The first-order valence-corrected chi connectivity index (χ1v) is 9.06. The van der Waals surface area contributed by atoms with Crippen molar-refractivity contribution in [2.45, 2.75) is 39.0 Å². The number of hydrogen-bond donors (Lipinski definition) is 1. The Hall–Kier alpha value is -1.85. The molecule has 24 heavy (non-hydrogen) atoms. The number of nitrogens with one attached hydrogen (secondary N) is 1. The highest BCUT2D eigenvalue weighted by atomic mass is 16.2. The summed E-state index contributed by atoms with van der Waals surface area (Å²) in [6.07, 6.45) is 5.76. The van der Waals surface area contributed by atoms with Crippen LogP contribution in [-0.2, 0) is 11.8 Å². The van der Waals surface area contributed by atoms with Gasteiger partial charge in [0.1, 0.15) is 5.69 Å². The van der Waals surface area contributed by atoms with Crippen molar-refractivity contribution in [1.82, 2.24) is 20.0 Å². The fourth-order valence-corrected chi connectivity index (χ4v) is 4.28. The molecule has 0 aromatic carbocycles. The van der Waals surface area contributed by atoms with Gasteiger partial charge in [-0.15, -0.1) is 0 Å². The number of likely N-dealkylation sites (tertiary alicyclic amines) is 1. The van der Waals surface area contributed by atoms with E-state index in [2.05, 4.69) is 10.4 Å². The van der Waals surface area contributed by atoms with Gasteiger partial charge in [0.15, 0.2) is 0 Å². The average Bonchev–Trinajstić information content (AvgIpc) is 3.14. The molecular formula is C18H26N4O2. The van der Waals surface area contributed by atoms with E-state index >= 15 is 0 Å². The number of carbonyl (C=O) groups excluding carboxylic acids is 2. The van der Waals surface area contributed by atoms with Gasteiger partial charge in [0.05, 0.1) is 11.6 Å². The maximum atomic E-state index is 12.9. The van der Waals surface area contributed by atoms with Crippen LogP contribution in [0.1, 0.15) is 48.3 Å². The van der Waals surface area contributed by atoms with E-state index in [1.54, 1.807) is 11.7 Å². The summed E-state index contributed by atoms with van der Waals surface area (Å²) >= 11 is 0. The van der Waals surface area contributed by atoms with E-state index in [0.717, 1.165) is 25.1 Å². The van der Waals surface area contributed by atoms with Crippen LogP contribution in [-0.4, -0.2) is 46.1 Å². The van der Waals surface area contributed by atoms with Gasteiger partial charge in [-0.2, -0.15) is 5.10 Å². The molecule has 1 aromatic rings. The van der Waals surface area contributed by atoms with Crippen molar-refractivity contribution in [2.24, 2.45) is 24.3 Å². The van der Waals surface area contributed by atoms with Gasteiger partial charge in [-0.25, -0.2) is 0 Å². The molecule has 1 saturated heterocycles. The third kappa shape index (κ3) is 2.62. The number of rotatable bonds is 4. The van der Waals surface area contributed by atoms with Crippen molar-refractivity contribution >= 4 is 11.8 Å². The first kappa shape index (κ1) is 15.7. The number of aryl methyl sites for hydroxylation is 2. The SMILES string of the molecule is Cc1cc(C(=O)N2CC(C(=O)NCC3CC3)C3(CCC3)C2)n(C)n1. The highest BCUT2D eigenvalue weighted by Gasteiger charge is 2.54. The molecular weight excluding hydrogens is 304 g/mol. The minimum atomic E-state index is -0.0525. The minimum Gasteiger partial charge on any atom is -0.356 e. The van der Waals surface area contributed by atoms with Crippen molar-refractivity contribution in [3.63, 3.8) is 0 Å². The Morgan fingerprint density at radius 2 is 2.12 bits per heavy atom. The van der Waals surface area contributed by atoms with Crippen LogP contribution in [0.5, 0.6) is 0 Å². The van der Waals surface area contributed by atoms with Crippen molar-refractivity contribution < 1.29 is 9.59 Å². The molecule has 1 spiro atoms. The third-order valence-corrected chi connectivity index (χ3v) is 6.08. The van der Waals surface area contributed by atoms with Crippen LogP contribution in [0.25, 0.3) is 0 Å². The van der Waals surface area contributed by atoms with Crippen molar-refractivity contribution in [2.75, 3.05) is 19.6 Å². The number of hydrogen-bond acceptors (Lipinski definition) is 3. The van der Waals surface area contributed by atoms with Gasteiger partial charge < -0.3 is 10.2 Å². The number of carbonyl (C=O) groups is 2. The standard InChI is InChI=1S/C18H26N4O2/c1-12-8-15(21(2)20-12)17(24)22-10-14(18(11-22)6-3-7-18)16(23)19-9-13-4-5-13/h8,13-14H,3-7,9-11H2,1-2H3,(H,19,23). The predicted octanol–water partition coefficient (Wildman–Crippen LogP) is 1.50. The molecule has 2 heterocycles. The molecule has 6 heteroatoms. The van der Waals surface area contributed by atoms with Gasteiger partial charge in [0.2, 0.25) is 5.91 Å². The van der Waals surface area contributed by atoms with Crippen LogP contribution in [0.15, 0.2) is 6.07 Å². The van der Waals surface area contributed by atoms with Crippen molar-refractivity contribution in [1.29, 1.82) is 0 Å². The second-order valence-electron chi connectivity index (χ2n) is 7.94. The molecule has 1 unspecified atom stereocenters. The molecule has 130 valence electrons. The van der Waals surface area contributed by atoms with Crippen molar-refractivity contribution in [3.8, 4) is 0 Å². The first-order valence-electron chi connectivity index (χ1n) is 9.06. The summed E-state index contributed by atoms with van der Waals surface area (Å²) in [4.78, 5) is 27.5. The third-order valence-electron chi connectivity index (χ3n) is 6.08. The molecule has 2 aliphatic carbocycles. The highest BCUT2D eigenvalue weighted by Crippen LogP contribution is 2.52. The summed E-state index contributed by atoms with van der Waals surface area (Å²) in [6.45, 7) is 3.94. The van der Waals surface area contributed by atoms with Gasteiger partial charge in [-0.1, -0.05) is 6.42 Å². The molecule has 2 saturated carbocycles. The molecule has 0 bridgehead atoms. The molecule has 6 nitrogen and oxygen atoms in total. The molecule has 1 aromatic heterocycles. The van der Waals surface area contributed by atoms with E-state index in [-0.39, 0.29) is 23.1 Å². The summed E-state index contributed by atoms with van der Waals surface area (Å²) < 4.78 is 1.64. The zero-order chi connectivity index (χ0) is 16.9. The first-order chi connectivity index (χ1) is 11.5. The van der Waals surface area contributed by atoms with E-state index < -0.39 is 0 Å². The van der Waals surface area contributed by atoms with E-state index in [1.165, 1.54) is 19.3 Å². The Balaban J connectivity index is 1.49. The van der Waals surface area contributed by atoms with Gasteiger partial charge >= 0.3 is 0 Å². The Bertz CT molecular complexity index is 673. The monoisotopic (exact) mass is 330 g/mol. The fourth-order valence-electron chi connectivity index (χ4n) is 4.28. The molecule has 4 rings (SSSR count). The lowest BCUT2D eigenvalue weighted by Gasteiger charge is -2.41. The maximum absolute atomic E-state index is 12.9. The second-order valence-corrected chi connectivity index (χ2v) is 7.94. The van der Waals surface area contributed by atoms with Crippen LogP contribution in [0.3, 0.4) is 0 Å². The summed E-state index contributed by atoms with van der Waals surface area (Å²) in [5.74, 6) is 0.783. The van der Waals surface area contributed by atoms with Gasteiger partial charge in [-0.05, 0) is 44.6 Å². The Labute approximate surface area is 142 Å². The van der Waals surface area contributed by atoms with E-state index in [9.17, 15) is 9.59 Å². The molecule has 0 radical (unpaired) electrons. The van der Waals surface area contributed by atoms with Crippen LogP contribution >= 0.6 is 0 Å². The average molecular weight is 330 g/mol. The topological polar surface area (TPSA) is 67.2 Å². The second kappa shape index (κ2) is 5.60. The van der Waals surface area contributed by atoms with Gasteiger partial charge in [-0.3, -0.25) is 14.3 Å². The maximum Gasteiger partial charge on any atom is 0.272 e. The molecule has 2 amide bonds. The molecule has 1 aliphatic heterocycles. The molecule has 3 aliphatic rings. The smallest absolute Gasteiger partial charge is 0.272 e. The van der Waals surface area contributed by atoms with Crippen LogP contribution in [0.4, 0.5) is 0 Å². The van der Waals surface area contributed by atoms with Gasteiger partial charge in [0, 0.05) is 32.1 Å². The number of amides is 2. The number of aromatic nitrogens is 2. The van der Waals surface area contributed by atoms with E-state index in [4.69, 9.17) is 0 Å². The summed E-state index contributed by atoms with van der Waals surface area (Å²) in [7, 11) is 1.80. The summed E-state index contributed by atoms with van der Waals surface area (Å²) in [5, 5.41) is 7.40. The molecule has 1 N–H and O–H groups in total. The predicted molar refractivity (Wildman–Crippen MR) is 89.4 cm³/mol. The van der Waals surface area contributed by atoms with E-state index in [0.29, 0.717) is 24.7 Å². The lowest BCUT2D eigenvalue weighted by Crippen LogP contribution is -2.45. The molecule has 1 atom stereocenters. The van der Waals surface area contributed by atoms with Crippen LogP contribution in [0.2, 0.25) is 0 Å². The normalized spacial score (nSPS) is 24.9. The Morgan fingerprint density at radius 3 is 2.67 bits per heavy atom. The minimum absolute atomic E-state index is 0.00173.